The maximum atomic E-state index is 12.1. The van der Waals surface area contributed by atoms with Crippen molar-refractivity contribution in [3.63, 3.8) is 0 Å². The Balaban J connectivity index is 1.39. The molecule has 1 atom stereocenters. The van der Waals surface area contributed by atoms with Gasteiger partial charge in [-0.25, -0.2) is 0 Å². The molecule has 0 spiro atoms. The average Bonchev–Trinajstić information content (AvgIpc) is 3.22. The minimum Gasteiger partial charge on any atom is -0.395 e. The van der Waals surface area contributed by atoms with Gasteiger partial charge in [-0.05, 0) is 57.0 Å². The lowest BCUT2D eigenvalue weighted by Crippen LogP contribution is -2.33. The summed E-state index contributed by atoms with van der Waals surface area (Å²) in [5.74, 6) is -0.0393. The predicted molar refractivity (Wildman–Crippen MR) is 89.3 cm³/mol. The number of carbonyl (C=O) groups is 1. The highest BCUT2D eigenvalue weighted by Crippen LogP contribution is 2.17. The zero-order valence-corrected chi connectivity index (χ0v) is 13.3. The largest absolute Gasteiger partial charge is 0.395 e. The van der Waals surface area contributed by atoms with Crippen LogP contribution in [0.25, 0.3) is 10.9 Å². The number of benzene rings is 1. The number of nitrogens with zero attached hydrogens (tertiary/aromatic N) is 2. The minimum absolute atomic E-state index is 0.0393. The quantitative estimate of drug-likeness (QED) is 0.677. The lowest BCUT2D eigenvalue weighted by molar-refractivity contribution is 0.0952. The number of rotatable bonds is 7. The Bertz CT molecular complexity index is 655. The van der Waals surface area contributed by atoms with E-state index in [1.807, 2.05) is 18.2 Å². The van der Waals surface area contributed by atoms with Gasteiger partial charge in [0.25, 0.3) is 5.91 Å². The van der Waals surface area contributed by atoms with Gasteiger partial charge in [-0.1, -0.05) is 0 Å². The first kappa shape index (κ1) is 16.0. The molecule has 2 aromatic rings. The van der Waals surface area contributed by atoms with Gasteiger partial charge in [0.05, 0.1) is 18.3 Å². The fourth-order valence-electron chi connectivity index (χ4n) is 3.22. The van der Waals surface area contributed by atoms with E-state index in [0.717, 1.165) is 43.3 Å². The van der Waals surface area contributed by atoms with Crippen molar-refractivity contribution in [3.05, 3.63) is 30.0 Å². The summed E-state index contributed by atoms with van der Waals surface area (Å²) in [5, 5.41) is 20.0. The number of amides is 1. The number of hydrogen-bond acceptors (Lipinski definition) is 4. The van der Waals surface area contributed by atoms with E-state index >= 15 is 0 Å². The third kappa shape index (κ3) is 3.89. The normalized spacial score (nSPS) is 18.6. The van der Waals surface area contributed by atoms with Gasteiger partial charge in [0.2, 0.25) is 0 Å². The topological polar surface area (TPSA) is 81.3 Å². The molecule has 0 bridgehead atoms. The second kappa shape index (κ2) is 7.57. The first-order chi connectivity index (χ1) is 11.3. The molecule has 1 amide bonds. The van der Waals surface area contributed by atoms with E-state index in [9.17, 15) is 9.90 Å². The summed E-state index contributed by atoms with van der Waals surface area (Å²) in [6, 6.07) is 5.88. The fourth-order valence-corrected chi connectivity index (χ4v) is 3.22. The zero-order valence-electron chi connectivity index (χ0n) is 13.3. The van der Waals surface area contributed by atoms with Crippen LogP contribution in [0.5, 0.6) is 0 Å². The van der Waals surface area contributed by atoms with E-state index < -0.39 is 0 Å². The Hall–Kier alpha value is -1.92. The van der Waals surface area contributed by atoms with Crippen molar-refractivity contribution in [1.29, 1.82) is 0 Å². The fraction of sp³-hybridized carbons (Fsp3) is 0.529. The first-order valence-corrected chi connectivity index (χ1v) is 8.34. The number of likely N-dealkylation sites (tertiary alicyclic amines) is 1. The summed E-state index contributed by atoms with van der Waals surface area (Å²) < 4.78 is 0. The smallest absolute Gasteiger partial charge is 0.251 e. The van der Waals surface area contributed by atoms with Crippen molar-refractivity contribution >= 4 is 16.8 Å². The number of aliphatic hydroxyl groups is 1. The molecule has 1 aromatic heterocycles. The molecule has 1 unspecified atom stereocenters. The molecular weight excluding hydrogens is 292 g/mol. The van der Waals surface area contributed by atoms with E-state index in [4.69, 9.17) is 0 Å². The van der Waals surface area contributed by atoms with Crippen LogP contribution in [0.4, 0.5) is 0 Å². The lowest BCUT2D eigenvalue weighted by atomic mass is 10.1. The van der Waals surface area contributed by atoms with Crippen LogP contribution in [0.2, 0.25) is 0 Å². The molecule has 6 nitrogen and oxygen atoms in total. The van der Waals surface area contributed by atoms with Gasteiger partial charge in [0.15, 0.2) is 0 Å². The molecule has 1 aliphatic heterocycles. The van der Waals surface area contributed by atoms with Crippen molar-refractivity contribution in [1.82, 2.24) is 20.4 Å². The van der Waals surface area contributed by atoms with Crippen molar-refractivity contribution in [3.8, 4) is 0 Å². The minimum atomic E-state index is -0.0393. The van der Waals surface area contributed by atoms with Crippen LogP contribution in [0.15, 0.2) is 24.4 Å². The van der Waals surface area contributed by atoms with Crippen LogP contribution in [-0.4, -0.2) is 58.4 Å². The molecule has 1 fully saturated rings. The van der Waals surface area contributed by atoms with E-state index in [0.29, 0.717) is 18.2 Å². The van der Waals surface area contributed by atoms with Crippen LogP contribution in [-0.2, 0) is 0 Å². The molecule has 6 heteroatoms. The summed E-state index contributed by atoms with van der Waals surface area (Å²) in [5.41, 5.74) is 1.60. The van der Waals surface area contributed by atoms with E-state index in [-0.39, 0.29) is 12.5 Å². The number of aromatic nitrogens is 2. The molecule has 0 aliphatic carbocycles. The number of hydrogen-bond donors (Lipinski definition) is 3. The first-order valence-electron chi connectivity index (χ1n) is 8.34. The number of carbonyl (C=O) groups excluding carboxylic acids is 1. The molecule has 23 heavy (non-hydrogen) atoms. The number of fused-ring (bicyclic) bond motifs is 1. The van der Waals surface area contributed by atoms with E-state index in [1.54, 1.807) is 6.20 Å². The highest BCUT2D eigenvalue weighted by Gasteiger charge is 2.22. The summed E-state index contributed by atoms with van der Waals surface area (Å²) in [6.45, 7) is 3.03. The summed E-state index contributed by atoms with van der Waals surface area (Å²) >= 11 is 0. The molecule has 0 saturated carbocycles. The Morgan fingerprint density at radius 2 is 2.35 bits per heavy atom. The Morgan fingerprint density at radius 3 is 3.22 bits per heavy atom. The lowest BCUT2D eigenvalue weighted by Gasteiger charge is -2.22. The third-order valence-electron chi connectivity index (χ3n) is 4.57. The maximum absolute atomic E-state index is 12.1. The standard InChI is InChI=1S/C17H24N4O2/c22-12-15-4-3-9-21(15)8-2-1-7-18-17(23)13-5-6-16-14(10-13)11-19-20-16/h5-6,10-11,15,22H,1-4,7-9,12H2,(H,18,23)(H,19,20). The molecule has 0 radical (unpaired) electrons. The molecule has 3 N–H and O–H groups in total. The van der Waals surface area contributed by atoms with E-state index in [1.165, 1.54) is 6.42 Å². The van der Waals surface area contributed by atoms with Crippen molar-refractivity contribution in [2.45, 2.75) is 31.7 Å². The van der Waals surface area contributed by atoms with Crippen LogP contribution in [0, 0.1) is 0 Å². The van der Waals surface area contributed by atoms with Gasteiger partial charge < -0.3 is 10.4 Å². The van der Waals surface area contributed by atoms with Crippen molar-refractivity contribution < 1.29 is 9.90 Å². The average molecular weight is 316 g/mol. The summed E-state index contributed by atoms with van der Waals surface area (Å²) in [4.78, 5) is 14.5. The number of nitrogens with one attached hydrogen (secondary N) is 2. The Morgan fingerprint density at radius 1 is 1.43 bits per heavy atom. The van der Waals surface area contributed by atoms with Crippen LogP contribution in [0.3, 0.4) is 0 Å². The summed E-state index contributed by atoms with van der Waals surface area (Å²) in [7, 11) is 0. The van der Waals surface area contributed by atoms with Gasteiger partial charge in [0, 0.05) is 23.5 Å². The Kier molecular flexibility index (Phi) is 5.25. The zero-order chi connectivity index (χ0) is 16.1. The number of aliphatic hydroxyl groups excluding tert-OH is 1. The van der Waals surface area contributed by atoms with Gasteiger partial charge in [0.1, 0.15) is 0 Å². The molecule has 1 aromatic carbocycles. The van der Waals surface area contributed by atoms with Crippen LogP contribution >= 0.6 is 0 Å². The maximum Gasteiger partial charge on any atom is 0.251 e. The predicted octanol–water partition coefficient (Wildman–Crippen LogP) is 1.53. The number of aromatic amines is 1. The van der Waals surface area contributed by atoms with Gasteiger partial charge in [-0.3, -0.25) is 14.8 Å². The monoisotopic (exact) mass is 316 g/mol. The molecule has 3 rings (SSSR count). The highest BCUT2D eigenvalue weighted by atomic mass is 16.3. The molecular formula is C17H24N4O2. The highest BCUT2D eigenvalue weighted by molar-refractivity contribution is 5.97. The van der Waals surface area contributed by atoms with Crippen molar-refractivity contribution in [2.75, 3.05) is 26.2 Å². The van der Waals surface area contributed by atoms with Gasteiger partial charge in [-0.15, -0.1) is 0 Å². The molecule has 124 valence electrons. The molecule has 1 aliphatic rings. The van der Waals surface area contributed by atoms with E-state index in [2.05, 4.69) is 20.4 Å². The molecule has 2 heterocycles. The molecule has 1 saturated heterocycles. The second-order valence-electron chi connectivity index (χ2n) is 6.15. The van der Waals surface area contributed by atoms with Crippen molar-refractivity contribution in [2.24, 2.45) is 0 Å². The van der Waals surface area contributed by atoms with Crippen LogP contribution in [0.1, 0.15) is 36.0 Å². The van der Waals surface area contributed by atoms with Gasteiger partial charge in [-0.2, -0.15) is 5.10 Å². The van der Waals surface area contributed by atoms with Crippen LogP contribution < -0.4 is 5.32 Å². The van der Waals surface area contributed by atoms with Gasteiger partial charge >= 0.3 is 0 Å². The summed E-state index contributed by atoms with van der Waals surface area (Å²) in [6.07, 6.45) is 5.99. The third-order valence-corrected chi connectivity index (χ3v) is 4.57. The second-order valence-corrected chi connectivity index (χ2v) is 6.15. The SMILES string of the molecule is O=C(NCCCCN1CCCC1CO)c1ccc2[nH]ncc2c1. The number of H-pyrrole nitrogens is 1. The number of unbranched alkanes of at least 4 members (excludes halogenated alkanes) is 1. The Labute approximate surface area is 135 Å².